The van der Waals surface area contributed by atoms with Crippen LogP contribution in [0.3, 0.4) is 0 Å². The van der Waals surface area contributed by atoms with Gasteiger partial charge in [0, 0.05) is 38.5 Å². The van der Waals surface area contributed by atoms with Crippen LogP contribution in [0, 0.1) is 0 Å². The number of carbonyl (C=O) groups excluding carboxylic acids is 1. The number of fused-ring (bicyclic) bond motifs is 1. The fraction of sp³-hybridized carbons (Fsp3) is 0.571. The number of pyridine rings is 1. The van der Waals surface area contributed by atoms with Crippen LogP contribution in [0.5, 0.6) is 0 Å². The topological polar surface area (TPSA) is 63.7 Å². The number of hydrogen-bond donors (Lipinski definition) is 1. The number of anilines is 1. The number of ether oxygens (including phenoxy) is 2. The number of benzene rings is 1. The first-order chi connectivity index (χ1) is 16.8. The highest BCUT2D eigenvalue weighted by molar-refractivity contribution is 5.63. The largest absolute Gasteiger partial charge is 0.377 e. The number of aryl methyl sites for hydroxylation is 2. The molecule has 0 saturated carbocycles. The van der Waals surface area contributed by atoms with Crippen LogP contribution < -0.4 is 5.32 Å². The highest BCUT2D eigenvalue weighted by Gasteiger charge is 2.32. The van der Waals surface area contributed by atoms with E-state index in [1.54, 1.807) is 0 Å². The third-order valence-corrected chi connectivity index (χ3v) is 7.42. The summed E-state index contributed by atoms with van der Waals surface area (Å²) in [7, 11) is 0. The molecule has 182 valence electrons. The Kier molecular flexibility index (Phi) is 7.89. The predicted octanol–water partition coefficient (Wildman–Crippen LogP) is 4.65. The molecule has 34 heavy (non-hydrogen) atoms. The molecule has 0 aliphatic carbocycles. The Morgan fingerprint density at radius 3 is 3.00 bits per heavy atom. The van der Waals surface area contributed by atoms with E-state index in [0.29, 0.717) is 0 Å². The summed E-state index contributed by atoms with van der Waals surface area (Å²) in [5.74, 6) is 1.08. The van der Waals surface area contributed by atoms with Crippen molar-refractivity contribution in [3.8, 4) is 0 Å². The maximum absolute atomic E-state index is 12.2. The summed E-state index contributed by atoms with van der Waals surface area (Å²) < 4.78 is 12.1. The van der Waals surface area contributed by atoms with E-state index in [4.69, 9.17) is 14.5 Å². The summed E-state index contributed by atoms with van der Waals surface area (Å²) >= 11 is 0. The third kappa shape index (κ3) is 5.51. The van der Waals surface area contributed by atoms with E-state index >= 15 is 0 Å². The first-order valence-corrected chi connectivity index (χ1v) is 13.1. The maximum Gasteiger partial charge on any atom is 0.141 e. The Bertz CT molecular complexity index is 960. The lowest BCUT2D eigenvalue weighted by molar-refractivity contribution is -0.112. The molecule has 3 atom stereocenters. The minimum absolute atomic E-state index is 0.119. The minimum Gasteiger partial charge on any atom is -0.377 e. The van der Waals surface area contributed by atoms with Gasteiger partial charge in [-0.2, -0.15) is 0 Å². The average Bonchev–Trinajstić information content (AvgIpc) is 3.58. The number of rotatable bonds is 10. The summed E-state index contributed by atoms with van der Waals surface area (Å²) in [6.07, 6.45) is 9.93. The maximum atomic E-state index is 12.2. The molecule has 0 amide bonds. The number of nitrogens with zero attached hydrogens (tertiary/aromatic N) is 2. The first-order valence-electron chi connectivity index (χ1n) is 13.1. The van der Waals surface area contributed by atoms with E-state index in [2.05, 4.69) is 40.5 Å². The van der Waals surface area contributed by atoms with Crippen LogP contribution in [0.4, 0.5) is 5.82 Å². The lowest BCUT2D eigenvalue weighted by atomic mass is 9.95. The Hall–Kier alpha value is -2.28. The molecule has 0 radical (unpaired) electrons. The van der Waals surface area contributed by atoms with Crippen LogP contribution in [-0.4, -0.2) is 55.1 Å². The van der Waals surface area contributed by atoms with Gasteiger partial charge in [0.2, 0.25) is 0 Å². The van der Waals surface area contributed by atoms with Crippen molar-refractivity contribution in [1.82, 2.24) is 9.88 Å². The minimum atomic E-state index is -0.224. The fourth-order valence-corrected chi connectivity index (χ4v) is 5.56. The second-order valence-electron chi connectivity index (χ2n) is 9.79. The first kappa shape index (κ1) is 23.5. The fourth-order valence-electron chi connectivity index (χ4n) is 5.56. The van der Waals surface area contributed by atoms with Gasteiger partial charge in [-0.1, -0.05) is 30.3 Å². The molecule has 5 rings (SSSR count). The second-order valence-corrected chi connectivity index (χ2v) is 9.79. The Labute approximate surface area is 203 Å². The third-order valence-electron chi connectivity index (χ3n) is 7.42. The standard InChI is InChI=1S/C28H37N3O3/c32-20-26(24-9-1-2-10-25(24)27-11-6-18-34-27)31-16-14-23(19-31)33-17-4-3-8-22-13-12-21-7-5-15-29-28(21)30-22/h1-2,9-10,12-13,20,23,26-27H,3-8,11,14-19H2,(H,29,30)/t23-,26-,27?/m1/s1. The zero-order valence-electron chi connectivity index (χ0n) is 20.1. The number of aldehydes is 1. The molecule has 0 spiro atoms. The molecular weight excluding hydrogens is 426 g/mol. The number of likely N-dealkylation sites (tertiary alicyclic amines) is 1. The van der Waals surface area contributed by atoms with Crippen molar-refractivity contribution >= 4 is 12.1 Å². The molecule has 6 nitrogen and oxygen atoms in total. The Morgan fingerprint density at radius 1 is 1.18 bits per heavy atom. The summed E-state index contributed by atoms with van der Waals surface area (Å²) in [6, 6.07) is 12.5. The quantitative estimate of drug-likeness (QED) is 0.409. The van der Waals surface area contributed by atoms with Crippen LogP contribution in [0.1, 0.15) is 73.1 Å². The molecule has 2 saturated heterocycles. The lowest BCUT2D eigenvalue weighted by Crippen LogP contribution is -2.30. The van der Waals surface area contributed by atoms with Crippen molar-refractivity contribution in [1.29, 1.82) is 0 Å². The van der Waals surface area contributed by atoms with E-state index < -0.39 is 0 Å². The summed E-state index contributed by atoms with van der Waals surface area (Å²) in [5, 5.41) is 3.42. The van der Waals surface area contributed by atoms with Gasteiger partial charge in [0.25, 0.3) is 0 Å². The molecule has 1 aromatic carbocycles. The second kappa shape index (κ2) is 11.4. The molecule has 3 aliphatic heterocycles. The predicted molar refractivity (Wildman–Crippen MR) is 133 cm³/mol. The zero-order valence-corrected chi connectivity index (χ0v) is 20.1. The monoisotopic (exact) mass is 463 g/mol. The van der Waals surface area contributed by atoms with Crippen molar-refractivity contribution in [2.45, 2.75) is 69.6 Å². The summed E-state index contributed by atoms with van der Waals surface area (Å²) in [6.45, 7) is 4.30. The molecule has 3 aliphatic rings. The Balaban J connectivity index is 1.08. The van der Waals surface area contributed by atoms with Crippen molar-refractivity contribution in [3.63, 3.8) is 0 Å². The molecule has 1 aromatic heterocycles. The molecule has 6 heteroatoms. The van der Waals surface area contributed by atoms with Crippen LogP contribution in [0.2, 0.25) is 0 Å². The number of aromatic nitrogens is 1. The van der Waals surface area contributed by atoms with Crippen LogP contribution >= 0.6 is 0 Å². The smallest absolute Gasteiger partial charge is 0.141 e. The SMILES string of the molecule is O=C[C@H](c1ccccc1C1CCCO1)N1CC[C@@H](OCCCCc2ccc3c(n2)NCCC3)C1. The zero-order chi connectivity index (χ0) is 23.2. The van der Waals surface area contributed by atoms with Crippen LogP contribution in [0.25, 0.3) is 0 Å². The van der Waals surface area contributed by atoms with Crippen LogP contribution in [-0.2, 0) is 27.1 Å². The molecule has 1 N–H and O–H groups in total. The molecule has 2 fully saturated rings. The summed E-state index contributed by atoms with van der Waals surface area (Å²) in [5.41, 5.74) is 4.78. The van der Waals surface area contributed by atoms with Crippen molar-refractivity contribution < 1.29 is 14.3 Å². The summed E-state index contributed by atoms with van der Waals surface area (Å²) in [4.78, 5) is 19.2. The highest BCUT2D eigenvalue weighted by Crippen LogP contribution is 2.35. The van der Waals surface area contributed by atoms with Crippen molar-refractivity contribution in [2.75, 3.05) is 38.2 Å². The molecule has 2 aromatic rings. The number of nitrogens with one attached hydrogen (secondary N) is 1. The lowest BCUT2D eigenvalue weighted by Gasteiger charge is -2.27. The van der Waals surface area contributed by atoms with E-state index in [-0.39, 0.29) is 18.2 Å². The van der Waals surface area contributed by atoms with Crippen LogP contribution in [0.15, 0.2) is 36.4 Å². The van der Waals surface area contributed by atoms with Gasteiger partial charge in [-0.3, -0.25) is 4.90 Å². The van der Waals surface area contributed by atoms with Gasteiger partial charge in [0.1, 0.15) is 12.1 Å². The van der Waals surface area contributed by atoms with Crippen molar-refractivity contribution in [3.05, 3.63) is 58.8 Å². The van der Waals surface area contributed by atoms with E-state index in [1.165, 1.54) is 23.2 Å². The Morgan fingerprint density at radius 2 is 2.12 bits per heavy atom. The number of hydrogen-bond acceptors (Lipinski definition) is 6. The van der Waals surface area contributed by atoms with E-state index in [9.17, 15) is 4.79 Å². The molecule has 1 unspecified atom stereocenters. The van der Waals surface area contributed by atoms with Gasteiger partial charge < -0.3 is 19.6 Å². The van der Waals surface area contributed by atoms with Gasteiger partial charge in [-0.25, -0.2) is 4.98 Å². The number of unbranched alkanes of at least 4 members (excludes halogenated alkanes) is 1. The van der Waals surface area contributed by atoms with Gasteiger partial charge >= 0.3 is 0 Å². The van der Waals surface area contributed by atoms with E-state index in [1.807, 2.05) is 6.07 Å². The average molecular weight is 464 g/mol. The van der Waals surface area contributed by atoms with E-state index in [0.717, 1.165) is 95.5 Å². The highest BCUT2D eigenvalue weighted by atomic mass is 16.5. The van der Waals surface area contributed by atoms with Gasteiger partial charge in [-0.15, -0.1) is 0 Å². The molecule has 0 bridgehead atoms. The molecular formula is C28H37N3O3. The molecule has 4 heterocycles. The van der Waals surface area contributed by atoms with Gasteiger partial charge in [-0.05, 0) is 74.1 Å². The van der Waals surface area contributed by atoms with Crippen molar-refractivity contribution in [2.24, 2.45) is 0 Å². The number of carbonyl (C=O) groups is 1. The van der Waals surface area contributed by atoms with Gasteiger partial charge in [0.15, 0.2) is 0 Å². The van der Waals surface area contributed by atoms with Gasteiger partial charge in [0.05, 0.1) is 18.2 Å². The normalized spacial score (nSPS) is 23.4.